The zero-order chi connectivity index (χ0) is 22.9. The number of pyridine rings is 1. The monoisotopic (exact) mass is 490 g/mol. The first-order chi connectivity index (χ1) is 16.0. The summed E-state index contributed by atoms with van der Waals surface area (Å²) in [6.45, 7) is 0. The van der Waals surface area contributed by atoms with E-state index in [4.69, 9.17) is 29.2 Å². The molecule has 33 heavy (non-hydrogen) atoms. The summed E-state index contributed by atoms with van der Waals surface area (Å²) in [6, 6.07) is 20.6. The lowest BCUT2D eigenvalue weighted by Gasteiger charge is -2.29. The number of carbonyl (C=O) groups is 2. The molecule has 0 bridgehead atoms. The molecule has 164 valence electrons. The smallest absolute Gasteiger partial charge is 0.237 e. The summed E-state index contributed by atoms with van der Waals surface area (Å²) in [4.78, 5) is 31.7. The Labute approximate surface area is 206 Å². The normalized spacial score (nSPS) is 18.2. The van der Waals surface area contributed by atoms with Gasteiger partial charge in [-0.1, -0.05) is 60.1 Å². The van der Waals surface area contributed by atoms with Crippen LogP contribution in [0, 0.1) is 0 Å². The van der Waals surface area contributed by atoms with Crippen LogP contribution in [0.25, 0.3) is 22.4 Å². The van der Waals surface area contributed by atoms with Crippen LogP contribution in [-0.4, -0.2) is 16.7 Å². The van der Waals surface area contributed by atoms with Crippen LogP contribution < -0.4 is 5.32 Å². The summed E-state index contributed by atoms with van der Waals surface area (Å²) < 4.78 is 0. The minimum atomic E-state index is -1.03. The topological polar surface area (TPSA) is 59.1 Å². The molecule has 7 heteroatoms. The van der Waals surface area contributed by atoms with Gasteiger partial charge in [-0.05, 0) is 34.5 Å². The zero-order valence-corrected chi connectivity index (χ0v) is 19.8. The lowest BCUT2D eigenvalue weighted by atomic mass is 9.86. The van der Waals surface area contributed by atoms with Gasteiger partial charge in [-0.15, -0.1) is 12.6 Å². The van der Waals surface area contributed by atoms with Crippen LogP contribution in [-0.2, 0) is 9.59 Å². The number of Topliss-reactive ketones (excluding diaryl/α,β-unsaturated/α-hetero) is 1. The molecule has 2 aromatic heterocycles. The molecule has 0 saturated carbocycles. The molecule has 0 aliphatic carbocycles. The first-order valence-corrected chi connectivity index (χ1v) is 12.2. The summed E-state index contributed by atoms with van der Waals surface area (Å²) in [7, 11) is 0. The van der Waals surface area contributed by atoms with Gasteiger partial charge in [-0.25, -0.2) is 0 Å². The van der Waals surface area contributed by atoms with Crippen LogP contribution in [0.15, 0.2) is 82.4 Å². The molecule has 4 aromatic rings. The highest BCUT2D eigenvalue weighted by Gasteiger charge is 2.39. The van der Waals surface area contributed by atoms with Crippen molar-refractivity contribution in [2.45, 2.75) is 23.3 Å². The third kappa shape index (κ3) is 4.22. The fourth-order valence-electron chi connectivity index (χ4n) is 4.12. The van der Waals surface area contributed by atoms with Crippen LogP contribution in [0.2, 0.25) is 5.02 Å². The van der Waals surface area contributed by atoms with E-state index in [1.165, 1.54) is 11.3 Å². The highest BCUT2D eigenvalue weighted by Crippen LogP contribution is 2.40. The number of halogens is 1. The maximum Gasteiger partial charge on any atom is 0.237 e. The van der Waals surface area contributed by atoms with Crippen molar-refractivity contribution in [1.29, 1.82) is 0 Å². The molecule has 1 N–H and O–H groups in total. The van der Waals surface area contributed by atoms with Gasteiger partial charge in [0.15, 0.2) is 5.78 Å². The van der Waals surface area contributed by atoms with Gasteiger partial charge >= 0.3 is 0 Å². The number of hydrogen-bond donors (Lipinski definition) is 2. The quantitative estimate of drug-likeness (QED) is 0.259. The second kappa shape index (κ2) is 9.14. The van der Waals surface area contributed by atoms with Gasteiger partial charge in [0.25, 0.3) is 0 Å². The van der Waals surface area contributed by atoms with Crippen molar-refractivity contribution in [2.75, 3.05) is 0 Å². The van der Waals surface area contributed by atoms with Crippen molar-refractivity contribution >= 4 is 47.3 Å². The number of ketones is 1. The fourth-order valence-corrected chi connectivity index (χ4v) is 5.44. The van der Waals surface area contributed by atoms with Gasteiger partial charge in [0, 0.05) is 33.0 Å². The predicted molar refractivity (Wildman–Crippen MR) is 135 cm³/mol. The average molecular weight is 491 g/mol. The third-order valence-electron chi connectivity index (χ3n) is 5.78. The molecule has 1 aliphatic heterocycles. The minimum Gasteiger partial charge on any atom is -0.348 e. The minimum absolute atomic E-state index is 0.173. The maximum absolute atomic E-state index is 13.3. The van der Waals surface area contributed by atoms with E-state index >= 15 is 0 Å². The first kappa shape index (κ1) is 21.9. The van der Waals surface area contributed by atoms with Crippen molar-refractivity contribution in [3.8, 4) is 22.4 Å². The third-order valence-corrected chi connectivity index (χ3v) is 7.28. The molecule has 4 nitrogen and oxygen atoms in total. The summed E-state index contributed by atoms with van der Waals surface area (Å²) in [5, 5.41) is 7.44. The van der Waals surface area contributed by atoms with Gasteiger partial charge in [0.2, 0.25) is 5.91 Å². The Morgan fingerprint density at radius 3 is 2.45 bits per heavy atom. The van der Waals surface area contributed by atoms with Crippen molar-refractivity contribution < 1.29 is 9.59 Å². The van der Waals surface area contributed by atoms with Gasteiger partial charge in [0.1, 0.15) is 5.92 Å². The van der Waals surface area contributed by atoms with E-state index in [-0.39, 0.29) is 24.2 Å². The number of thiophene rings is 1. The maximum atomic E-state index is 13.3. The molecule has 0 spiro atoms. The van der Waals surface area contributed by atoms with E-state index in [2.05, 4.69) is 5.32 Å². The van der Waals surface area contributed by atoms with Crippen molar-refractivity contribution in [3.05, 3.63) is 93.8 Å². The molecule has 1 fully saturated rings. The summed E-state index contributed by atoms with van der Waals surface area (Å²) in [5.74, 6) is -1.56. The van der Waals surface area contributed by atoms with Crippen LogP contribution in [0.4, 0.5) is 0 Å². The molecule has 2 unspecified atom stereocenters. The summed E-state index contributed by atoms with van der Waals surface area (Å²) in [6.07, 6.45) is 0.207. The zero-order valence-electron chi connectivity index (χ0n) is 17.4. The molecule has 3 heterocycles. The van der Waals surface area contributed by atoms with Gasteiger partial charge < -0.3 is 5.32 Å². The first-order valence-electron chi connectivity index (χ1n) is 10.4. The van der Waals surface area contributed by atoms with Gasteiger partial charge in [-0.2, -0.15) is 11.3 Å². The second-order valence-corrected chi connectivity index (χ2v) is 9.49. The van der Waals surface area contributed by atoms with Gasteiger partial charge in [-0.3, -0.25) is 14.6 Å². The average Bonchev–Trinajstić information content (AvgIpc) is 3.36. The van der Waals surface area contributed by atoms with E-state index in [0.29, 0.717) is 21.3 Å². The Hall–Kier alpha value is -2.93. The van der Waals surface area contributed by atoms with Crippen LogP contribution in [0.1, 0.15) is 29.6 Å². The number of amides is 1. The molecule has 2 atom stereocenters. The molecule has 1 aliphatic rings. The van der Waals surface area contributed by atoms with Crippen LogP contribution in [0.3, 0.4) is 0 Å². The molecule has 5 rings (SSSR count). The number of hydrogen-bond acceptors (Lipinski definition) is 5. The highest BCUT2D eigenvalue weighted by atomic mass is 35.5. The molecule has 2 aromatic carbocycles. The highest BCUT2D eigenvalue weighted by molar-refractivity contribution is 7.80. The van der Waals surface area contributed by atoms with Gasteiger partial charge in [0.05, 0.1) is 17.4 Å². The lowest BCUT2D eigenvalue weighted by Crippen LogP contribution is -2.43. The van der Waals surface area contributed by atoms with E-state index in [9.17, 15) is 9.59 Å². The van der Waals surface area contributed by atoms with E-state index in [1.807, 2.05) is 71.4 Å². The Bertz CT molecular complexity index is 1320. The number of benzene rings is 2. The number of thiol groups is 1. The standard InChI is InChI=1S/C26H19ClN2O2S2/c27-19-9-5-4-8-17(19)18-12-20(15-6-2-1-3-7-15)28-24(25(18)32)23-22(30)13-21(29-26(23)31)16-10-11-33-14-16/h1-12,14,21,23,32H,13H2,(H,29,31). The number of nitrogens with one attached hydrogen (secondary N) is 1. The van der Waals surface area contributed by atoms with Crippen molar-refractivity contribution in [2.24, 2.45) is 0 Å². The second-order valence-electron chi connectivity index (χ2n) is 7.86. The largest absolute Gasteiger partial charge is 0.348 e. The Morgan fingerprint density at radius 2 is 1.76 bits per heavy atom. The number of aromatic nitrogens is 1. The van der Waals surface area contributed by atoms with Crippen molar-refractivity contribution in [1.82, 2.24) is 10.3 Å². The number of piperidine rings is 1. The summed E-state index contributed by atoms with van der Waals surface area (Å²) in [5.41, 5.74) is 4.31. The lowest BCUT2D eigenvalue weighted by molar-refractivity contribution is -0.134. The Balaban J connectivity index is 1.64. The molecular formula is C26H19ClN2O2S2. The van der Waals surface area contributed by atoms with Crippen molar-refractivity contribution in [3.63, 3.8) is 0 Å². The van der Waals surface area contributed by atoms with E-state index < -0.39 is 5.92 Å². The van der Waals surface area contributed by atoms with E-state index in [0.717, 1.165) is 22.3 Å². The van der Waals surface area contributed by atoms with Crippen LogP contribution >= 0.6 is 35.6 Å². The molecule has 1 amide bonds. The summed E-state index contributed by atoms with van der Waals surface area (Å²) >= 11 is 12.8. The molecule has 0 radical (unpaired) electrons. The Kier molecular flexibility index (Phi) is 6.06. The molecule has 1 saturated heterocycles. The molecular weight excluding hydrogens is 472 g/mol. The fraction of sp³-hybridized carbons (Fsp3) is 0.115. The van der Waals surface area contributed by atoms with Crippen LogP contribution in [0.5, 0.6) is 0 Å². The predicted octanol–water partition coefficient (Wildman–Crippen LogP) is 6.33. The SMILES string of the molecule is O=C1CC(c2ccsc2)NC(=O)C1c1nc(-c2ccccc2)cc(-c2ccccc2Cl)c1S. The van der Waals surface area contributed by atoms with E-state index in [1.54, 1.807) is 6.07 Å². The number of carbonyl (C=O) groups excluding carboxylic acids is 2. The number of rotatable bonds is 4. The Morgan fingerprint density at radius 1 is 1.00 bits per heavy atom. The number of nitrogens with zero attached hydrogens (tertiary/aromatic N) is 1.